The van der Waals surface area contributed by atoms with E-state index in [2.05, 4.69) is 36.8 Å². The molecule has 0 spiro atoms. The normalized spacial score (nSPS) is 18.3. The molecule has 0 unspecified atom stereocenters. The molecule has 1 saturated heterocycles. The van der Waals surface area contributed by atoms with Gasteiger partial charge in [0.25, 0.3) is 5.56 Å². The van der Waals surface area contributed by atoms with Crippen molar-refractivity contribution in [2.24, 2.45) is 0 Å². The van der Waals surface area contributed by atoms with E-state index in [1.54, 1.807) is 0 Å². The summed E-state index contributed by atoms with van der Waals surface area (Å²) >= 11 is 0. The van der Waals surface area contributed by atoms with Gasteiger partial charge in [0.15, 0.2) is 9.84 Å². The minimum absolute atomic E-state index is 0.0212. The van der Waals surface area contributed by atoms with Crippen LogP contribution in [-0.2, 0) is 21.8 Å². The lowest BCUT2D eigenvalue weighted by Gasteiger charge is -2.26. The highest BCUT2D eigenvalue weighted by Crippen LogP contribution is 2.29. The molecule has 142 valence electrons. The SMILES string of the molecule is CCCC(C)(C)c1ccc2[nH]c(CN3CCS(=O)(=O)CC3)nc(=O)c2c1. The molecule has 1 fully saturated rings. The zero-order chi connectivity index (χ0) is 18.9. The number of sulfone groups is 1. The number of hydrogen-bond acceptors (Lipinski definition) is 5. The molecule has 3 rings (SSSR count). The molecule has 1 aliphatic rings. The van der Waals surface area contributed by atoms with E-state index in [1.807, 2.05) is 17.0 Å². The van der Waals surface area contributed by atoms with Crippen molar-refractivity contribution in [3.63, 3.8) is 0 Å². The number of nitrogens with zero attached hydrogens (tertiary/aromatic N) is 2. The number of benzene rings is 1. The largest absolute Gasteiger partial charge is 0.342 e. The van der Waals surface area contributed by atoms with Crippen molar-refractivity contribution < 1.29 is 8.42 Å². The minimum atomic E-state index is -2.91. The lowest BCUT2D eigenvalue weighted by atomic mass is 9.80. The van der Waals surface area contributed by atoms with E-state index in [0.29, 0.717) is 30.8 Å². The molecule has 26 heavy (non-hydrogen) atoms. The van der Waals surface area contributed by atoms with Gasteiger partial charge in [-0.05, 0) is 29.5 Å². The van der Waals surface area contributed by atoms with Crippen LogP contribution in [0.4, 0.5) is 0 Å². The van der Waals surface area contributed by atoms with Crippen molar-refractivity contribution in [3.8, 4) is 0 Å². The Morgan fingerprint density at radius 2 is 1.92 bits per heavy atom. The second-order valence-electron chi connectivity index (χ2n) is 7.81. The first-order chi connectivity index (χ1) is 12.2. The van der Waals surface area contributed by atoms with Gasteiger partial charge in [0, 0.05) is 13.1 Å². The number of H-pyrrole nitrogens is 1. The highest BCUT2D eigenvalue weighted by Gasteiger charge is 2.23. The Bertz CT molecular complexity index is 950. The van der Waals surface area contributed by atoms with Crippen LogP contribution in [0.2, 0.25) is 0 Å². The summed E-state index contributed by atoms with van der Waals surface area (Å²) in [6.45, 7) is 7.97. The molecule has 6 nitrogen and oxygen atoms in total. The summed E-state index contributed by atoms with van der Waals surface area (Å²) in [5.41, 5.74) is 1.72. The van der Waals surface area contributed by atoms with Crippen LogP contribution in [0, 0.1) is 0 Å². The Hall–Kier alpha value is -1.73. The minimum Gasteiger partial charge on any atom is -0.342 e. The van der Waals surface area contributed by atoms with Crippen LogP contribution >= 0.6 is 0 Å². The molecule has 0 atom stereocenters. The molecule has 1 aromatic carbocycles. The molecule has 0 amide bonds. The van der Waals surface area contributed by atoms with E-state index in [4.69, 9.17) is 0 Å². The molecular formula is C19H27N3O3S. The fourth-order valence-corrected chi connectivity index (χ4v) is 4.86. The fourth-order valence-electron chi connectivity index (χ4n) is 3.58. The van der Waals surface area contributed by atoms with Crippen LogP contribution in [0.3, 0.4) is 0 Å². The van der Waals surface area contributed by atoms with Gasteiger partial charge < -0.3 is 4.98 Å². The molecule has 2 aromatic rings. The zero-order valence-corrected chi connectivity index (χ0v) is 16.5. The van der Waals surface area contributed by atoms with E-state index < -0.39 is 9.84 Å². The predicted molar refractivity (Wildman–Crippen MR) is 104 cm³/mol. The molecule has 0 aliphatic carbocycles. The first kappa shape index (κ1) is 19.0. The van der Waals surface area contributed by atoms with Crippen molar-refractivity contribution in [3.05, 3.63) is 39.9 Å². The molecular weight excluding hydrogens is 350 g/mol. The van der Waals surface area contributed by atoms with E-state index in [9.17, 15) is 13.2 Å². The average Bonchev–Trinajstić information content (AvgIpc) is 2.56. The third-order valence-electron chi connectivity index (χ3n) is 5.23. The molecule has 2 heterocycles. The van der Waals surface area contributed by atoms with Crippen molar-refractivity contribution in [1.82, 2.24) is 14.9 Å². The topological polar surface area (TPSA) is 83.1 Å². The second-order valence-corrected chi connectivity index (χ2v) is 10.1. The Morgan fingerprint density at radius 3 is 2.58 bits per heavy atom. The maximum absolute atomic E-state index is 12.5. The van der Waals surface area contributed by atoms with Crippen LogP contribution < -0.4 is 5.56 Å². The van der Waals surface area contributed by atoms with Gasteiger partial charge in [-0.25, -0.2) is 8.42 Å². The summed E-state index contributed by atoms with van der Waals surface area (Å²) in [5.74, 6) is 0.920. The van der Waals surface area contributed by atoms with E-state index in [0.717, 1.165) is 23.9 Å². The molecule has 7 heteroatoms. The molecule has 1 N–H and O–H groups in total. The van der Waals surface area contributed by atoms with E-state index in [-0.39, 0.29) is 22.5 Å². The van der Waals surface area contributed by atoms with Gasteiger partial charge in [-0.2, -0.15) is 4.98 Å². The monoisotopic (exact) mass is 377 g/mol. The van der Waals surface area contributed by atoms with E-state index in [1.165, 1.54) is 0 Å². The summed E-state index contributed by atoms with van der Waals surface area (Å²) in [6, 6.07) is 5.98. The number of fused-ring (bicyclic) bond motifs is 1. The maximum Gasteiger partial charge on any atom is 0.280 e. The first-order valence-electron chi connectivity index (χ1n) is 9.16. The number of rotatable bonds is 5. The quantitative estimate of drug-likeness (QED) is 0.864. The van der Waals surface area contributed by atoms with Gasteiger partial charge in [0.1, 0.15) is 5.82 Å². The number of aromatic amines is 1. The molecule has 0 radical (unpaired) electrons. The van der Waals surface area contributed by atoms with Crippen molar-refractivity contribution in [1.29, 1.82) is 0 Å². The Labute approximate surface area is 154 Å². The van der Waals surface area contributed by atoms with Gasteiger partial charge in [0.2, 0.25) is 0 Å². The smallest absolute Gasteiger partial charge is 0.280 e. The average molecular weight is 378 g/mol. The highest BCUT2D eigenvalue weighted by molar-refractivity contribution is 7.91. The molecule has 1 aromatic heterocycles. The lowest BCUT2D eigenvalue weighted by Crippen LogP contribution is -2.40. The van der Waals surface area contributed by atoms with E-state index >= 15 is 0 Å². The van der Waals surface area contributed by atoms with Crippen LogP contribution in [0.15, 0.2) is 23.0 Å². The summed E-state index contributed by atoms with van der Waals surface area (Å²) in [7, 11) is -2.91. The van der Waals surface area contributed by atoms with Gasteiger partial charge in [0.05, 0.1) is 29.0 Å². The second kappa shape index (κ2) is 7.12. The predicted octanol–water partition coefficient (Wildman–Crippen LogP) is 2.23. The fraction of sp³-hybridized carbons (Fsp3) is 0.579. The molecule has 0 bridgehead atoms. The molecule has 0 saturated carbocycles. The third kappa shape index (κ3) is 4.15. The van der Waals surface area contributed by atoms with Crippen LogP contribution in [0.1, 0.15) is 45.0 Å². The van der Waals surface area contributed by atoms with Gasteiger partial charge >= 0.3 is 0 Å². The van der Waals surface area contributed by atoms with Gasteiger partial charge in [-0.1, -0.05) is 33.3 Å². The number of aromatic nitrogens is 2. The lowest BCUT2D eigenvalue weighted by molar-refractivity contribution is 0.280. The summed E-state index contributed by atoms with van der Waals surface area (Å²) in [5, 5.41) is 0.608. The van der Waals surface area contributed by atoms with Gasteiger partial charge in [-0.15, -0.1) is 0 Å². The standard InChI is InChI=1S/C19H27N3O3S/c1-4-7-19(2,3)14-5-6-16-15(12-14)18(23)21-17(20-16)13-22-8-10-26(24,25)11-9-22/h5-6,12H,4,7-11,13H2,1-3H3,(H,20,21,23). The van der Waals surface area contributed by atoms with Crippen molar-refractivity contribution in [2.45, 2.75) is 45.6 Å². The van der Waals surface area contributed by atoms with Gasteiger partial charge in [-0.3, -0.25) is 9.69 Å². The Kier molecular flexibility index (Phi) is 5.21. The van der Waals surface area contributed by atoms with Crippen LogP contribution in [0.5, 0.6) is 0 Å². The van der Waals surface area contributed by atoms with Crippen molar-refractivity contribution >= 4 is 20.7 Å². The maximum atomic E-state index is 12.5. The third-order valence-corrected chi connectivity index (χ3v) is 6.84. The first-order valence-corrected chi connectivity index (χ1v) is 11.0. The summed E-state index contributed by atoms with van der Waals surface area (Å²) in [6.07, 6.45) is 2.14. The summed E-state index contributed by atoms with van der Waals surface area (Å²) < 4.78 is 23.1. The number of hydrogen-bond donors (Lipinski definition) is 1. The Morgan fingerprint density at radius 1 is 1.23 bits per heavy atom. The molecule has 1 aliphatic heterocycles. The van der Waals surface area contributed by atoms with Crippen LogP contribution in [-0.4, -0.2) is 47.9 Å². The van der Waals surface area contributed by atoms with Crippen molar-refractivity contribution in [2.75, 3.05) is 24.6 Å². The zero-order valence-electron chi connectivity index (χ0n) is 15.7. The van der Waals surface area contributed by atoms with Crippen LogP contribution in [0.25, 0.3) is 10.9 Å². The number of nitrogens with one attached hydrogen (secondary N) is 1. The summed E-state index contributed by atoms with van der Waals surface area (Å²) in [4.78, 5) is 22.0. The Balaban J connectivity index is 1.86. The highest BCUT2D eigenvalue weighted by atomic mass is 32.2.